The molecule has 0 aliphatic rings. The lowest BCUT2D eigenvalue weighted by Gasteiger charge is -2.33. The van der Waals surface area contributed by atoms with E-state index in [0.29, 0.717) is 24.4 Å². The minimum atomic E-state index is -3.75. The number of hydrogen-bond donors (Lipinski definition) is 1. The topological polar surface area (TPSA) is 96.0 Å². The second-order valence-electron chi connectivity index (χ2n) is 7.83. The van der Waals surface area contributed by atoms with Gasteiger partial charge in [-0.1, -0.05) is 26.0 Å². The van der Waals surface area contributed by atoms with E-state index >= 15 is 0 Å². The third-order valence-corrected chi connectivity index (χ3v) is 7.08. The molecule has 2 amide bonds. The van der Waals surface area contributed by atoms with E-state index in [1.54, 1.807) is 43.5 Å². The van der Waals surface area contributed by atoms with Gasteiger partial charge in [0.1, 0.15) is 18.3 Å². The SMILES string of the molecule is CCCNC(=O)[C@@H](CC)N(Cc1cccc(OC)c1)C(=O)CN(c1ccc(I)cc1)S(C)(=O)=O. The van der Waals surface area contributed by atoms with Gasteiger partial charge in [0, 0.05) is 16.7 Å². The van der Waals surface area contributed by atoms with E-state index in [1.807, 2.05) is 26.0 Å². The van der Waals surface area contributed by atoms with Crippen LogP contribution in [0.1, 0.15) is 32.3 Å². The molecule has 186 valence electrons. The van der Waals surface area contributed by atoms with Crippen LogP contribution in [0, 0.1) is 3.57 Å². The molecule has 0 aromatic heterocycles. The molecule has 0 unspecified atom stereocenters. The van der Waals surface area contributed by atoms with E-state index < -0.39 is 28.5 Å². The van der Waals surface area contributed by atoms with Gasteiger partial charge in [-0.15, -0.1) is 0 Å². The summed E-state index contributed by atoms with van der Waals surface area (Å²) in [5.41, 5.74) is 1.16. The average molecular weight is 602 g/mol. The van der Waals surface area contributed by atoms with Gasteiger partial charge in [-0.25, -0.2) is 8.42 Å². The van der Waals surface area contributed by atoms with Crippen LogP contribution in [-0.4, -0.2) is 57.6 Å². The summed E-state index contributed by atoms with van der Waals surface area (Å²) in [7, 11) is -2.19. The van der Waals surface area contributed by atoms with Crippen molar-refractivity contribution in [2.75, 3.05) is 30.8 Å². The van der Waals surface area contributed by atoms with Crippen molar-refractivity contribution >= 4 is 50.1 Å². The number of nitrogens with one attached hydrogen (secondary N) is 1. The lowest BCUT2D eigenvalue weighted by Crippen LogP contribution is -2.52. The number of benzene rings is 2. The summed E-state index contributed by atoms with van der Waals surface area (Å²) >= 11 is 2.13. The minimum absolute atomic E-state index is 0.137. The highest BCUT2D eigenvalue weighted by Gasteiger charge is 2.31. The second kappa shape index (κ2) is 12.9. The highest BCUT2D eigenvalue weighted by Crippen LogP contribution is 2.22. The molecule has 0 radical (unpaired) electrons. The molecule has 8 nitrogen and oxygen atoms in total. The van der Waals surface area contributed by atoms with Gasteiger partial charge in [0.05, 0.1) is 19.1 Å². The number of methoxy groups -OCH3 is 1. The average Bonchev–Trinajstić information content (AvgIpc) is 2.81. The van der Waals surface area contributed by atoms with Crippen molar-refractivity contribution in [3.63, 3.8) is 0 Å². The first-order chi connectivity index (χ1) is 16.1. The van der Waals surface area contributed by atoms with Crippen molar-refractivity contribution in [2.45, 2.75) is 39.3 Å². The van der Waals surface area contributed by atoms with Crippen molar-refractivity contribution in [3.05, 3.63) is 57.7 Å². The van der Waals surface area contributed by atoms with Crippen molar-refractivity contribution < 1.29 is 22.7 Å². The Morgan fingerprint density at radius 1 is 1.12 bits per heavy atom. The van der Waals surface area contributed by atoms with Gasteiger partial charge in [-0.2, -0.15) is 0 Å². The Morgan fingerprint density at radius 3 is 2.35 bits per heavy atom. The van der Waals surface area contributed by atoms with Gasteiger partial charge >= 0.3 is 0 Å². The van der Waals surface area contributed by atoms with Gasteiger partial charge in [-0.3, -0.25) is 13.9 Å². The maximum Gasteiger partial charge on any atom is 0.244 e. The molecule has 0 saturated carbocycles. The lowest BCUT2D eigenvalue weighted by atomic mass is 10.1. The van der Waals surface area contributed by atoms with E-state index in [9.17, 15) is 18.0 Å². The van der Waals surface area contributed by atoms with E-state index in [0.717, 1.165) is 26.1 Å². The zero-order chi connectivity index (χ0) is 25.3. The molecular weight excluding hydrogens is 569 g/mol. The van der Waals surface area contributed by atoms with Gasteiger partial charge in [0.2, 0.25) is 21.8 Å². The van der Waals surface area contributed by atoms with Crippen molar-refractivity contribution in [1.82, 2.24) is 10.2 Å². The number of halogens is 1. The second-order valence-corrected chi connectivity index (χ2v) is 11.0. The quantitative estimate of drug-likeness (QED) is 0.377. The fourth-order valence-corrected chi connectivity index (χ4v) is 4.68. The van der Waals surface area contributed by atoms with E-state index in [-0.39, 0.29) is 12.5 Å². The van der Waals surface area contributed by atoms with Crippen LogP contribution in [0.25, 0.3) is 0 Å². The number of anilines is 1. The molecule has 10 heteroatoms. The smallest absolute Gasteiger partial charge is 0.244 e. The molecule has 0 bridgehead atoms. The van der Waals surface area contributed by atoms with Crippen LogP contribution in [0.15, 0.2) is 48.5 Å². The van der Waals surface area contributed by atoms with Crippen LogP contribution in [0.2, 0.25) is 0 Å². The molecule has 2 aromatic rings. The van der Waals surface area contributed by atoms with Gasteiger partial charge in [-0.05, 0) is 77.4 Å². The largest absolute Gasteiger partial charge is 0.497 e. The highest BCUT2D eigenvalue weighted by atomic mass is 127. The van der Waals surface area contributed by atoms with Crippen LogP contribution in [-0.2, 0) is 26.2 Å². The number of sulfonamides is 1. The molecular formula is C24H32IN3O5S. The van der Waals surface area contributed by atoms with Gasteiger partial charge in [0.25, 0.3) is 0 Å². The van der Waals surface area contributed by atoms with Gasteiger partial charge in [0.15, 0.2) is 0 Å². The summed E-state index contributed by atoms with van der Waals surface area (Å²) in [4.78, 5) is 28.0. The maximum atomic E-state index is 13.6. The predicted molar refractivity (Wildman–Crippen MR) is 142 cm³/mol. The standard InChI is InChI=1S/C24H32IN3O5S/c1-5-14-26-24(30)22(6-2)27(16-18-8-7-9-21(15-18)33-3)23(29)17-28(34(4,31)32)20-12-10-19(25)11-13-20/h7-13,15,22H,5-6,14,16-17H2,1-4H3,(H,26,30)/t22-/m1/s1. The number of rotatable bonds is 12. The van der Waals surface area contributed by atoms with Crippen LogP contribution in [0.3, 0.4) is 0 Å². The number of carbonyl (C=O) groups is 2. The number of carbonyl (C=O) groups excluding carboxylic acids is 2. The summed E-state index contributed by atoms with van der Waals surface area (Å²) in [6, 6.07) is 13.4. The first-order valence-electron chi connectivity index (χ1n) is 11.0. The summed E-state index contributed by atoms with van der Waals surface area (Å²) in [5, 5.41) is 2.86. The number of amides is 2. The third kappa shape index (κ3) is 7.86. The molecule has 0 saturated heterocycles. The minimum Gasteiger partial charge on any atom is -0.497 e. The Kier molecular flexibility index (Phi) is 10.6. The normalized spacial score (nSPS) is 12.0. The molecule has 0 aliphatic heterocycles. The lowest BCUT2D eigenvalue weighted by molar-refractivity contribution is -0.140. The summed E-state index contributed by atoms with van der Waals surface area (Å²) in [6.07, 6.45) is 2.21. The summed E-state index contributed by atoms with van der Waals surface area (Å²) < 4.78 is 32.5. The number of hydrogen-bond acceptors (Lipinski definition) is 5. The first-order valence-corrected chi connectivity index (χ1v) is 14.0. The summed E-state index contributed by atoms with van der Waals surface area (Å²) in [5.74, 6) is -0.101. The Balaban J connectivity index is 2.42. The molecule has 0 aliphatic carbocycles. The van der Waals surface area contributed by atoms with E-state index in [1.165, 1.54) is 4.90 Å². The fraction of sp³-hybridized carbons (Fsp3) is 0.417. The molecule has 1 N–H and O–H groups in total. The first kappa shape index (κ1) is 27.9. The maximum absolute atomic E-state index is 13.6. The number of nitrogens with zero attached hydrogens (tertiary/aromatic N) is 2. The Morgan fingerprint density at radius 2 is 1.79 bits per heavy atom. The van der Waals surface area contributed by atoms with Crippen LogP contribution >= 0.6 is 22.6 Å². The zero-order valence-electron chi connectivity index (χ0n) is 20.0. The predicted octanol–water partition coefficient (Wildman–Crippen LogP) is 3.40. The molecule has 2 aromatic carbocycles. The monoisotopic (exact) mass is 601 g/mol. The van der Waals surface area contributed by atoms with E-state index in [4.69, 9.17) is 4.74 Å². The van der Waals surface area contributed by atoms with Crippen LogP contribution in [0.4, 0.5) is 5.69 Å². The zero-order valence-corrected chi connectivity index (χ0v) is 22.9. The van der Waals surface area contributed by atoms with Gasteiger partial charge < -0.3 is 15.0 Å². The van der Waals surface area contributed by atoms with E-state index in [2.05, 4.69) is 27.9 Å². The van der Waals surface area contributed by atoms with Crippen LogP contribution in [0.5, 0.6) is 5.75 Å². The molecule has 0 heterocycles. The molecule has 0 spiro atoms. The van der Waals surface area contributed by atoms with Crippen molar-refractivity contribution in [2.24, 2.45) is 0 Å². The van der Waals surface area contributed by atoms with Crippen LogP contribution < -0.4 is 14.4 Å². The molecule has 2 rings (SSSR count). The Bertz CT molecular complexity index is 1080. The Hall–Kier alpha value is -2.34. The molecule has 34 heavy (non-hydrogen) atoms. The van der Waals surface area contributed by atoms with Crippen molar-refractivity contribution in [1.29, 1.82) is 0 Å². The van der Waals surface area contributed by atoms with Crippen molar-refractivity contribution in [3.8, 4) is 5.75 Å². The molecule has 1 atom stereocenters. The number of ether oxygens (including phenoxy) is 1. The molecule has 0 fully saturated rings. The Labute approximate surface area is 215 Å². The highest BCUT2D eigenvalue weighted by molar-refractivity contribution is 14.1. The third-order valence-electron chi connectivity index (χ3n) is 5.22. The fourth-order valence-electron chi connectivity index (χ4n) is 3.47. The summed E-state index contributed by atoms with van der Waals surface area (Å²) in [6.45, 7) is 3.99.